The van der Waals surface area contributed by atoms with E-state index in [1.807, 2.05) is 7.05 Å². The van der Waals surface area contributed by atoms with Crippen LogP contribution in [0.15, 0.2) is 72.9 Å². The van der Waals surface area contributed by atoms with Crippen LogP contribution in [0.5, 0.6) is 0 Å². The Bertz CT molecular complexity index is 1810. The third kappa shape index (κ3) is 5.43. The largest absolute Gasteiger partial charge is 0.393 e. The van der Waals surface area contributed by atoms with Gasteiger partial charge in [0.2, 0.25) is 0 Å². The number of sulfonamides is 2. The van der Waals surface area contributed by atoms with Crippen LogP contribution in [0.3, 0.4) is 0 Å². The van der Waals surface area contributed by atoms with Gasteiger partial charge < -0.3 is 9.88 Å². The first kappa shape index (κ1) is 33.6. The van der Waals surface area contributed by atoms with Crippen molar-refractivity contribution in [3.05, 3.63) is 101 Å². The summed E-state index contributed by atoms with van der Waals surface area (Å²) < 4.78 is 145. The molecule has 0 aliphatic carbocycles. The first-order valence-electron chi connectivity index (χ1n) is 13.0. The molecule has 0 spiro atoms. The molecule has 1 saturated heterocycles. The maximum Gasteiger partial charge on any atom is 0.393 e. The lowest BCUT2D eigenvalue weighted by Gasteiger charge is -2.32. The van der Waals surface area contributed by atoms with Crippen molar-refractivity contribution >= 4 is 49.0 Å². The van der Waals surface area contributed by atoms with Gasteiger partial charge in [0.1, 0.15) is 11.6 Å². The van der Waals surface area contributed by atoms with Crippen molar-refractivity contribution in [2.45, 2.75) is 29.3 Å². The van der Waals surface area contributed by atoms with Crippen LogP contribution in [-0.2, 0) is 30.6 Å². The summed E-state index contributed by atoms with van der Waals surface area (Å²) in [6, 6.07) is 8.29. The topological polar surface area (TPSA) is 90.6 Å². The first-order valence-corrected chi connectivity index (χ1v) is 15.8. The molecule has 0 bridgehead atoms. The smallest absolute Gasteiger partial charge is 0.361 e. The second kappa shape index (κ2) is 11.9. The SMILES string of the molecule is CN1CCC(c2c[nH]c3ccc(N(S(=O)(=O)C(F)(F)c4ccccc4F)S(=O)(=O)C(F)(F)c4ccccc4F)cc23)CC1.Cl. The Morgan fingerprint density at radius 2 is 1.27 bits per heavy atom. The van der Waals surface area contributed by atoms with Crippen molar-refractivity contribution in [1.82, 2.24) is 9.88 Å². The van der Waals surface area contributed by atoms with Crippen LogP contribution in [-0.4, -0.2) is 46.9 Å². The number of halogens is 7. The Balaban J connectivity index is 0.00000442. The molecule has 0 unspecified atom stereocenters. The lowest BCUT2D eigenvalue weighted by atomic mass is 9.89. The van der Waals surface area contributed by atoms with E-state index in [9.17, 15) is 25.6 Å². The highest BCUT2D eigenvalue weighted by atomic mass is 35.5. The fraction of sp³-hybridized carbons (Fsp3) is 0.286. The number of nitrogens with one attached hydrogen (secondary N) is 1. The van der Waals surface area contributed by atoms with Crippen LogP contribution in [0.1, 0.15) is 35.4 Å². The molecule has 1 N–H and O–H groups in total. The Kier molecular flexibility index (Phi) is 9.10. The quantitative estimate of drug-likeness (QED) is 0.211. The Labute approximate surface area is 256 Å². The zero-order valence-electron chi connectivity index (χ0n) is 22.9. The molecule has 44 heavy (non-hydrogen) atoms. The van der Waals surface area contributed by atoms with Gasteiger partial charge in [0, 0.05) is 17.1 Å². The van der Waals surface area contributed by atoms with E-state index in [-0.39, 0.29) is 23.7 Å². The molecule has 3 aromatic carbocycles. The summed E-state index contributed by atoms with van der Waals surface area (Å²) in [4.78, 5) is 5.02. The number of piperidine rings is 1. The van der Waals surface area contributed by atoms with Gasteiger partial charge >= 0.3 is 30.6 Å². The second-order valence-electron chi connectivity index (χ2n) is 10.3. The molecule has 4 aromatic rings. The number of aromatic amines is 1. The lowest BCUT2D eigenvalue weighted by Crippen LogP contribution is -2.50. The van der Waals surface area contributed by atoms with E-state index in [2.05, 4.69) is 9.88 Å². The summed E-state index contributed by atoms with van der Waals surface area (Å²) in [7, 11) is -11.6. The monoisotopic (exact) mass is 681 g/mol. The third-order valence-corrected chi connectivity index (χ3v) is 11.7. The molecule has 1 fully saturated rings. The van der Waals surface area contributed by atoms with Crippen molar-refractivity contribution in [3.8, 4) is 0 Å². The van der Waals surface area contributed by atoms with Crippen molar-refractivity contribution in [3.63, 3.8) is 0 Å². The fourth-order valence-electron chi connectivity index (χ4n) is 5.19. The molecule has 0 saturated carbocycles. The predicted octanol–water partition coefficient (Wildman–Crippen LogP) is 6.64. The van der Waals surface area contributed by atoms with Gasteiger partial charge in [-0.1, -0.05) is 24.3 Å². The number of benzene rings is 3. The van der Waals surface area contributed by atoms with E-state index >= 15 is 17.6 Å². The molecular formula is C28H26ClF6N3O4S2. The Morgan fingerprint density at radius 1 is 0.795 bits per heavy atom. The van der Waals surface area contributed by atoms with E-state index in [0.717, 1.165) is 42.5 Å². The summed E-state index contributed by atoms with van der Waals surface area (Å²) in [6.45, 7) is 1.41. The molecule has 2 heterocycles. The molecule has 1 aliphatic rings. The molecule has 1 aliphatic heterocycles. The number of fused-ring (bicyclic) bond motifs is 1. The number of hydrogen-bond donors (Lipinski definition) is 1. The standard InChI is InChI=1S/C28H25F6N3O4S2.ClH/c1-36-14-12-18(13-15-36)21-17-35-26-11-10-19(16-20(21)26)37(42(38,39)27(31,32)22-6-2-4-8-24(22)29)43(40,41)28(33,34)23-7-3-5-9-25(23)30;/h2-11,16-18,35H,12-15H2,1H3;1H. The van der Waals surface area contributed by atoms with Crippen LogP contribution in [0.2, 0.25) is 0 Å². The van der Waals surface area contributed by atoms with Crippen molar-refractivity contribution in [1.29, 1.82) is 0 Å². The fourth-order valence-corrected chi connectivity index (χ4v) is 8.87. The number of alkyl halides is 4. The molecule has 1 aromatic heterocycles. The number of rotatable bonds is 8. The Hall–Kier alpha value is -3.27. The summed E-state index contributed by atoms with van der Waals surface area (Å²) in [6.07, 6.45) is 2.91. The average molecular weight is 682 g/mol. The molecule has 16 heteroatoms. The van der Waals surface area contributed by atoms with Crippen LogP contribution in [0.25, 0.3) is 10.9 Å². The minimum Gasteiger partial charge on any atom is -0.361 e. The lowest BCUT2D eigenvalue weighted by molar-refractivity contribution is 0.0824. The zero-order valence-corrected chi connectivity index (χ0v) is 25.3. The highest BCUT2D eigenvalue weighted by molar-refractivity contribution is 8.10. The minimum atomic E-state index is -6.73. The predicted molar refractivity (Wildman–Crippen MR) is 156 cm³/mol. The summed E-state index contributed by atoms with van der Waals surface area (Å²) >= 11 is 0. The molecule has 0 atom stereocenters. The highest BCUT2D eigenvalue weighted by Gasteiger charge is 2.62. The number of anilines is 1. The van der Waals surface area contributed by atoms with Gasteiger partial charge in [0.05, 0.1) is 16.8 Å². The van der Waals surface area contributed by atoms with Crippen LogP contribution < -0.4 is 3.71 Å². The second-order valence-corrected chi connectivity index (χ2v) is 14.1. The van der Waals surface area contributed by atoms with Gasteiger partial charge in [-0.3, -0.25) is 0 Å². The van der Waals surface area contributed by atoms with Crippen molar-refractivity contribution in [2.24, 2.45) is 0 Å². The molecule has 238 valence electrons. The van der Waals surface area contributed by atoms with E-state index in [1.54, 1.807) is 6.20 Å². The number of aromatic nitrogens is 1. The van der Waals surface area contributed by atoms with E-state index in [4.69, 9.17) is 0 Å². The summed E-state index contributed by atoms with van der Waals surface area (Å²) in [5.74, 6) is -3.54. The normalized spacial score (nSPS) is 15.7. The number of likely N-dealkylation sites (tertiary alicyclic amines) is 1. The van der Waals surface area contributed by atoms with E-state index in [0.29, 0.717) is 61.3 Å². The molecule has 0 radical (unpaired) electrons. The maximum absolute atomic E-state index is 15.7. The van der Waals surface area contributed by atoms with Gasteiger partial charge in [-0.05, 0) is 86.9 Å². The summed E-state index contributed by atoms with van der Waals surface area (Å²) in [5.41, 5.74) is -3.66. The van der Waals surface area contributed by atoms with Crippen molar-refractivity contribution in [2.75, 3.05) is 23.8 Å². The van der Waals surface area contributed by atoms with Crippen LogP contribution in [0, 0.1) is 11.6 Å². The first-order chi connectivity index (χ1) is 20.1. The number of hydrogen-bond acceptors (Lipinski definition) is 5. The molecule has 7 nitrogen and oxygen atoms in total. The van der Waals surface area contributed by atoms with Gasteiger partial charge in [-0.2, -0.15) is 38.1 Å². The van der Waals surface area contributed by atoms with Gasteiger partial charge in [0.15, 0.2) is 0 Å². The number of H-pyrrole nitrogens is 1. The maximum atomic E-state index is 15.7. The minimum absolute atomic E-state index is 0. The third-order valence-electron chi connectivity index (χ3n) is 7.53. The van der Waals surface area contributed by atoms with Gasteiger partial charge in [-0.25, -0.2) is 8.78 Å². The molecular weight excluding hydrogens is 656 g/mol. The van der Waals surface area contributed by atoms with Crippen molar-refractivity contribution < 1.29 is 43.2 Å². The molecule has 5 rings (SSSR count). The number of nitrogens with zero attached hydrogens (tertiary/aromatic N) is 2. The van der Waals surface area contributed by atoms with E-state index < -0.39 is 62.7 Å². The molecule has 0 amide bonds. The van der Waals surface area contributed by atoms with E-state index in [1.165, 1.54) is 0 Å². The average Bonchev–Trinajstić information content (AvgIpc) is 3.36. The van der Waals surface area contributed by atoms with Gasteiger partial charge in [0.25, 0.3) is 0 Å². The zero-order chi connectivity index (χ0) is 31.4. The summed E-state index contributed by atoms with van der Waals surface area (Å²) in [5, 5.41) is -10.5. The van der Waals surface area contributed by atoms with Crippen LogP contribution in [0.4, 0.5) is 32.0 Å². The highest BCUT2D eigenvalue weighted by Crippen LogP contribution is 2.47. The Morgan fingerprint density at radius 3 is 1.75 bits per heavy atom. The van der Waals surface area contributed by atoms with Gasteiger partial charge in [-0.15, -0.1) is 12.4 Å². The van der Waals surface area contributed by atoms with Crippen LogP contribution >= 0.6 is 12.4 Å².